The van der Waals surface area contributed by atoms with Gasteiger partial charge in [-0.05, 0) is 20.8 Å². The van der Waals surface area contributed by atoms with Crippen molar-refractivity contribution in [2.45, 2.75) is 25.5 Å². The van der Waals surface area contributed by atoms with Gasteiger partial charge in [-0.1, -0.05) is 16.0 Å². The van der Waals surface area contributed by atoms with Crippen LogP contribution in [0.2, 0.25) is 5.02 Å². The molecule has 0 aliphatic carbocycles. The summed E-state index contributed by atoms with van der Waals surface area (Å²) in [6.45, 7) is 5.35. The summed E-state index contributed by atoms with van der Waals surface area (Å²) in [5, 5.41) is -0.205. The van der Waals surface area contributed by atoms with Crippen molar-refractivity contribution < 1.29 is 13.7 Å². The monoisotopic (exact) mass is 292 g/mol. The number of aromatic nitrogens is 1. The molecule has 1 heterocycles. The fraction of sp³-hybridized carbons (Fsp3) is 0.455. The lowest BCUT2D eigenvalue weighted by atomic mass is 10.2. The molecule has 100 valence electrons. The predicted molar refractivity (Wildman–Crippen MR) is 71.2 cm³/mol. The fourth-order valence-corrected chi connectivity index (χ4v) is 1.71. The van der Waals surface area contributed by atoms with E-state index >= 15 is 0 Å². The van der Waals surface area contributed by atoms with Gasteiger partial charge in [-0.15, -0.1) is 0 Å². The maximum atomic E-state index is 13.2. The minimum atomic E-state index is -1.45. The van der Waals surface area contributed by atoms with Crippen molar-refractivity contribution in [1.29, 1.82) is 0 Å². The smallest absolute Gasteiger partial charge is 0.232 e. The Labute approximate surface area is 114 Å². The number of nitrogens with zero attached hydrogens (tertiary/aromatic N) is 2. The molecule has 1 aromatic heterocycles. The van der Waals surface area contributed by atoms with Crippen LogP contribution >= 0.6 is 11.6 Å². The standard InChI is InChI=1S/C11H14ClFN2O2S/c1-11(2,3)18(16)15-5-7-8(17-4)6-14-10(13)9(7)12/h5-6H,1-4H3/t18-/m0/s1. The lowest BCUT2D eigenvalue weighted by Gasteiger charge is -2.17. The molecule has 0 unspecified atom stereocenters. The van der Waals surface area contributed by atoms with Crippen LogP contribution in [-0.4, -0.2) is 27.6 Å². The highest BCUT2D eigenvalue weighted by Crippen LogP contribution is 2.26. The molecule has 0 amide bonds. The van der Waals surface area contributed by atoms with Crippen molar-refractivity contribution in [1.82, 2.24) is 4.98 Å². The van der Waals surface area contributed by atoms with Gasteiger partial charge in [-0.2, -0.15) is 4.39 Å². The third kappa shape index (κ3) is 3.57. The molecular formula is C11H14ClFN2O2S. The van der Waals surface area contributed by atoms with Gasteiger partial charge >= 0.3 is 0 Å². The van der Waals surface area contributed by atoms with E-state index in [0.717, 1.165) is 0 Å². The van der Waals surface area contributed by atoms with Gasteiger partial charge in [-0.3, -0.25) is 0 Å². The quantitative estimate of drug-likeness (QED) is 0.489. The average Bonchev–Trinajstić information content (AvgIpc) is 2.29. The minimum absolute atomic E-state index is 0.205. The van der Waals surface area contributed by atoms with E-state index in [0.29, 0.717) is 0 Å². The molecule has 0 aromatic carbocycles. The summed E-state index contributed by atoms with van der Waals surface area (Å²) < 4.78 is 33.3. The number of hydrogen-bond acceptors (Lipinski definition) is 4. The molecule has 0 aliphatic rings. The first kappa shape index (κ1) is 15.2. The van der Waals surface area contributed by atoms with Crippen molar-refractivity contribution in [2.75, 3.05) is 7.11 Å². The largest absolute Gasteiger partial charge is 0.591 e. The van der Waals surface area contributed by atoms with Crippen LogP contribution in [0, 0.1) is 5.95 Å². The second-order valence-corrected chi connectivity index (χ2v) is 6.75. The van der Waals surface area contributed by atoms with Crippen molar-refractivity contribution in [2.24, 2.45) is 4.40 Å². The fourth-order valence-electron chi connectivity index (χ4n) is 1.00. The minimum Gasteiger partial charge on any atom is -0.591 e. The normalized spacial score (nSPS) is 13.9. The second-order valence-electron chi connectivity index (χ2n) is 4.44. The van der Waals surface area contributed by atoms with E-state index < -0.39 is 22.1 Å². The van der Waals surface area contributed by atoms with Gasteiger partial charge in [0.25, 0.3) is 0 Å². The first-order valence-corrected chi connectivity index (χ1v) is 6.60. The van der Waals surface area contributed by atoms with Gasteiger partial charge in [0.15, 0.2) is 0 Å². The summed E-state index contributed by atoms with van der Waals surface area (Å²) in [6.07, 6.45) is 2.44. The van der Waals surface area contributed by atoms with E-state index in [1.165, 1.54) is 19.5 Å². The van der Waals surface area contributed by atoms with Crippen LogP contribution in [0.3, 0.4) is 0 Å². The zero-order valence-corrected chi connectivity index (χ0v) is 12.1. The number of rotatable bonds is 3. The third-order valence-electron chi connectivity index (χ3n) is 2.00. The van der Waals surface area contributed by atoms with E-state index in [4.69, 9.17) is 16.3 Å². The summed E-state index contributed by atoms with van der Waals surface area (Å²) in [7, 11) is 1.41. The number of ether oxygens (including phenoxy) is 1. The highest BCUT2D eigenvalue weighted by atomic mass is 35.5. The first-order valence-electron chi connectivity index (χ1n) is 5.11. The topological polar surface area (TPSA) is 57.5 Å². The Morgan fingerprint density at radius 3 is 2.67 bits per heavy atom. The summed E-state index contributed by atoms with van der Waals surface area (Å²) in [5.74, 6) is -0.545. The molecule has 0 N–H and O–H groups in total. The number of methoxy groups -OCH3 is 1. The molecule has 0 bridgehead atoms. The Kier molecular flexibility index (Phi) is 4.95. The maximum absolute atomic E-state index is 13.2. The van der Waals surface area contributed by atoms with E-state index in [1.54, 1.807) is 20.8 Å². The van der Waals surface area contributed by atoms with Gasteiger partial charge in [0, 0.05) is 0 Å². The van der Waals surface area contributed by atoms with Gasteiger partial charge in [-0.25, -0.2) is 4.98 Å². The Morgan fingerprint density at radius 1 is 1.56 bits per heavy atom. The molecule has 0 spiro atoms. The van der Waals surface area contributed by atoms with E-state index in [9.17, 15) is 8.94 Å². The summed E-state index contributed by atoms with van der Waals surface area (Å²) >= 11 is 4.32. The Bertz CT molecular complexity index is 463. The van der Waals surface area contributed by atoms with Crippen LogP contribution in [0.5, 0.6) is 5.75 Å². The number of pyridine rings is 1. The summed E-state index contributed by atoms with van der Waals surface area (Å²) in [5.41, 5.74) is 0.226. The van der Waals surface area contributed by atoms with Crippen LogP contribution < -0.4 is 4.74 Å². The first-order chi connectivity index (χ1) is 8.27. The molecule has 7 heteroatoms. The van der Waals surface area contributed by atoms with Crippen LogP contribution in [0.4, 0.5) is 4.39 Å². The zero-order valence-electron chi connectivity index (χ0n) is 10.5. The SMILES string of the molecule is COc1cnc(F)c(Cl)c1C=N[S@@+]([O-])C(C)(C)C. The van der Waals surface area contributed by atoms with Crippen molar-refractivity contribution in [3.8, 4) is 5.75 Å². The molecule has 0 saturated carbocycles. The molecule has 0 fully saturated rings. The molecule has 0 aliphatic heterocycles. The van der Waals surface area contributed by atoms with Crippen LogP contribution in [-0.2, 0) is 11.4 Å². The molecular weight excluding hydrogens is 279 g/mol. The van der Waals surface area contributed by atoms with Crippen LogP contribution in [0.1, 0.15) is 26.3 Å². The lowest BCUT2D eigenvalue weighted by molar-refractivity contribution is 0.409. The number of hydrogen-bond donors (Lipinski definition) is 0. The highest BCUT2D eigenvalue weighted by Gasteiger charge is 2.26. The van der Waals surface area contributed by atoms with Crippen molar-refractivity contribution >= 4 is 29.2 Å². The molecule has 1 rings (SSSR count). The predicted octanol–water partition coefficient (Wildman–Crippen LogP) is 2.76. The summed E-state index contributed by atoms with van der Waals surface area (Å²) in [4.78, 5) is 3.42. The van der Waals surface area contributed by atoms with E-state index in [1.807, 2.05) is 0 Å². The van der Waals surface area contributed by atoms with Crippen LogP contribution in [0.15, 0.2) is 10.6 Å². The molecule has 0 saturated heterocycles. The Balaban J connectivity index is 3.11. The Morgan fingerprint density at radius 2 is 2.17 bits per heavy atom. The molecule has 0 radical (unpaired) electrons. The zero-order chi connectivity index (χ0) is 13.9. The average molecular weight is 293 g/mol. The van der Waals surface area contributed by atoms with Crippen LogP contribution in [0.25, 0.3) is 0 Å². The van der Waals surface area contributed by atoms with Crippen molar-refractivity contribution in [3.05, 3.63) is 22.7 Å². The van der Waals surface area contributed by atoms with E-state index in [2.05, 4.69) is 9.38 Å². The second kappa shape index (κ2) is 5.86. The van der Waals surface area contributed by atoms with Crippen molar-refractivity contribution in [3.63, 3.8) is 0 Å². The lowest BCUT2D eigenvalue weighted by Crippen LogP contribution is -2.25. The maximum Gasteiger partial charge on any atom is 0.232 e. The van der Waals surface area contributed by atoms with E-state index in [-0.39, 0.29) is 16.3 Å². The highest BCUT2D eigenvalue weighted by molar-refractivity contribution is 7.91. The third-order valence-corrected chi connectivity index (χ3v) is 3.70. The molecule has 4 nitrogen and oxygen atoms in total. The summed E-state index contributed by atoms with van der Waals surface area (Å²) in [6, 6.07) is 0. The van der Waals surface area contributed by atoms with Gasteiger partial charge in [0.05, 0.1) is 25.1 Å². The molecule has 1 aromatic rings. The Hall–Kier alpha value is -0.850. The molecule has 1 atom stereocenters. The number of halogens is 2. The van der Waals surface area contributed by atoms with Gasteiger partial charge in [0.2, 0.25) is 5.95 Å². The van der Waals surface area contributed by atoms with Gasteiger partial charge < -0.3 is 9.29 Å². The molecule has 18 heavy (non-hydrogen) atoms. The van der Waals surface area contributed by atoms with Gasteiger partial charge in [0.1, 0.15) is 26.9 Å².